The molecule has 0 aromatic heterocycles. The second kappa shape index (κ2) is 9.34. The maximum atomic E-state index is 12.3. The number of carbonyl (C=O) groups is 1. The zero-order valence-electron chi connectivity index (χ0n) is 16.3. The first-order valence-electron chi connectivity index (χ1n) is 9.30. The lowest BCUT2D eigenvalue weighted by atomic mass is 10.0. The van der Waals surface area contributed by atoms with Gasteiger partial charge in [0.2, 0.25) is 0 Å². The fraction of sp³-hybridized carbons (Fsp3) is 0.333. The molecule has 0 bridgehead atoms. The summed E-state index contributed by atoms with van der Waals surface area (Å²) in [4.78, 5) is 12.3. The predicted octanol–water partition coefficient (Wildman–Crippen LogP) is 2.54. The minimum absolute atomic E-state index is 0.0177. The number of hydrazone groups is 1. The summed E-state index contributed by atoms with van der Waals surface area (Å²) < 4.78 is 11.2. The van der Waals surface area contributed by atoms with Gasteiger partial charge in [0.05, 0.1) is 19.4 Å². The third-order valence-electron chi connectivity index (χ3n) is 4.36. The fourth-order valence-electron chi connectivity index (χ4n) is 2.99. The number of nitrogens with zero attached hydrogens (tertiary/aromatic N) is 1. The number of carbonyl (C=O) groups excluding carboxylic acids is 1. The van der Waals surface area contributed by atoms with Crippen LogP contribution in [-0.4, -0.2) is 31.4 Å². The Morgan fingerprint density at radius 1 is 1.18 bits per heavy atom. The smallest absolute Gasteiger partial charge is 0.258 e. The van der Waals surface area contributed by atoms with E-state index in [1.54, 1.807) is 13.3 Å². The molecule has 1 amide bonds. The minimum Gasteiger partial charge on any atom is -0.493 e. The van der Waals surface area contributed by atoms with Crippen LogP contribution in [0.4, 0.5) is 0 Å². The molecule has 1 saturated heterocycles. The van der Waals surface area contributed by atoms with Gasteiger partial charge in [0.15, 0.2) is 11.5 Å². The molecule has 1 aliphatic heterocycles. The first-order valence-corrected chi connectivity index (χ1v) is 9.30. The Bertz CT molecular complexity index is 824. The molecule has 1 heterocycles. The van der Waals surface area contributed by atoms with Crippen LogP contribution in [0.5, 0.6) is 11.5 Å². The number of ether oxygens (including phenoxy) is 2. The largest absolute Gasteiger partial charge is 0.493 e. The molecule has 148 valence electrons. The third-order valence-corrected chi connectivity index (χ3v) is 4.36. The normalized spacial score (nSPS) is 19.1. The molecule has 3 N–H and O–H groups in total. The summed E-state index contributed by atoms with van der Waals surface area (Å²) in [5, 5.41) is 4.02. The van der Waals surface area contributed by atoms with Crippen molar-refractivity contribution < 1.29 is 14.3 Å². The Hall–Kier alpha value is -2.90. The van der Waals surface area contributed by atoms with Gasteiger partial charge in [-0.15, -0.1) is 0 Å². The summed E-state index contributed by atoms with van der Waals surface area (Å²) in [7, 11) is 1.62. The molecule has 2 atom stereocenters. The van der Waals surface area contributed by atoms with Gasteiger partial charge in [0.25, 0.3) is 5.91 Å². The van der Waals surface area contributed by atoms with Crippen LogP contribution in [0.1, 0.15) is 37.4 Å². The molecule has 3 rings (SSSR count). The van der Waals surface area contributed by atoms with Gasteiger partial charge in [0, 0.05) is 6.04 Å². The number of hydrogen-bond donors (Lipinski definition) is 3. The van der Waals surface area contributed by atoms with Gasteiger partial charge >= 0.3 is 0 Å². The van der Waals surface area contributed by atoms with E-state index in [0.717, 1.165) is 11.1 Å². The SMILES string of the molecule is COc1cc(C2CC(C(=O)N/N=C/c3ccccc3)NN2)ccc1OC(C)C. The molecular formula is C21H26N4O3. The molecule has 0 spiro atoms. The molecule has 0 aliphatic carbocycles. The highest BCUT2D eigenvalue weighted by Crippen LogP contribution is 2.33. The van der Waals surface area contributed by atoms with E-state index in [2.05, 4.69) is 21.4 Å². The van der Waals surface area contributed by atoms with Crippen LogP contribution in [0, 0.1) is 0 Å². The number of methoxy groups -OCH3 is 1. The van der Waals surface area contributed by atoms with Gasteiger partial charge in [-0.1, -0.05) is 36.4 Å². The first-order chi connectivity index (χ1) is 13.6. The summed E-state index contributed by atoms with van der Waals surface area (Å²) in [6.07, 6.45) is 2.28. The van der Waals surface area contributed by atoms with Crippen molar-refractivity contribution in [3.8, 4) is 11.5 Å². The molecule has 2 aromatic carbocycles. The molecule has 0 radical (unpaired) electrons. The molecule has 28 heavy (non-hydrogen) atoms. The highest BCUT2D eigenvalue weighted by molar-refractivity contribution is 5.85. The van der Waals surface area contributed by atoms with Gasteiger partial charge in [-0.2, -0.15) is 5.10 Å². The standard InChI is InChI=1S/C21H26N4O3/c1-14(2)28-19-10-9-16(11-20(19)27-3)17-12-18(24-23-17)21(26)25-22-13-15-7-5-4-6-8-15/h4-11,13-14,17-18,23-24H,12H2,1-3H3,(H,25,26)/b22-13+. The lowest BCUT2D eigenvalue weighted by Crippen LogP contribution is -2.41. The second-order valence-electron chi connectivity index (χ2n) is 6.85. The summed E-state index contributed by atoms with van der Waals surface area (Å²) in [6, 6.07) is 15.0. The summed E-state index contributed by atoms with van der Waals surface area (Å²) >= 11 is 0. The van der Waals surface area contributed by atoms with Crippen molar-refractivity contribution in [2.75, 3.05) is 7.11 Å². The van der Waals surface area contributed by atoms with Gasteiger partial charge in [0.1, 0.15) is 6.04 Å². The van der Waals surface area contributed by atoms with E-state index in [9.17, 15) is 4.79 Å². The number of rotatable bonds is 7. The van der Waals surface area contributed by atoms with Crippen LogP contribution in [0.3, 0.4) is 0 Å². The van der Waals surface area contributed by atoms with Gasteiger partial charge in [-0.05, 0) is 43.5 Å². The van der Waals surface area contributed by atoms with Crippen LogP contribution < -0.4 is 25.8 Å². The monoisotopic (exact) mass is 382 g/mol. The molecule has 2 unspecified atom stereocenters. The molecule has 7 nitrogen and oxygen atoms in total. The zero-order chi connectivity index (χ0) is 19.9. The average molecular weight is 382 g/mol. The van der Waals surface area contributed by atoms with Gasteiger partial charge < -0.3 is 9.47 Å². The zero-order valence-corrected chi connectivity index (χ0v) is 16.3. The van der Waals surface area contributed by atoms with E-state index in [0.29, 0.717) is 17.9 Å². The number of hydrazine groups is 1. The van der Waals surface area contributed by atoms with E-state index < -0.39 is 0 Å². The topological polar surface area (TPSA) is 84.0 Å². The van der Waals surface area contributed by atoms with Crippen molar-refractivity contribution >= 4 is 12.1 Å². The lowest BCUT2D eigenvalue weighted by molar-refractivity contribution is -0.122. The van der Waals surface area contributed by atoms with Crippen LogP contribution in [0.25, 0.3) is 0 Å². The first kappa shape index (κ1) is 19.9. The Kier molecular flexibility index (Phi) is 6.62. The predicted molar refractivity (Wildman–Crippen MR) is 108 cm³/mol. The molecule has 2 aromatic rings. The molecular weight excluding hydrogens is 356 g/mol. The Morgan fingerprint density at radius 3 is 2.68 bits per heavy atom. The van der Waals surface area contributed by atoms with Crippen molar-refractivity contribution in [3.05, 3.63) is 59.7 Å². The highest BCUT2D eigenvalue weighted by Gasteiger charge is 2.30. The Balaban J connectivity index is 1.58. The van der Waals surface area contributed by atoms with Crippen LogP contribution in [0.2, 0.25) is 0 Å². The third kappa shape index (κ3) is 5.09. The van der Waals surface area contributed by atoms with Gasteiger partial charge in [-0.25, -0.2) is 16.3 Å². The number of amides is 1. The highest BCUT2D eigenvalue weighted by atomic mass is 16.5. The Morgan fingerprint density at radius 2 is 1.96 bits per heavy atom. The quantitative estimate of drug-likeness (QED) is 0.506. The van der Waals surface area contributed by atoms with E-state index >= 15 is 0 Å². The number of benzene rings is 2. The van der Waals surface area contributed by atoms with Crippen molar-refractivity contribution in [2.45, 2.75) is 38.5 Å². The minimum atomic E-state index is -0.379. The van der Waals surface area contributed by atoms with Crippen molar-refractivity contribution in [3.63, 3.8) is 0 Å². The van der Waals surface area contributed by atoms with Crippen molar-refractivity contribution in [1.82, 2.24) is 16.3 Å². The maximum absolute atomic E-state index is 12.3. The fourth-order valence-corrected chi connectivity index (χ4v) is 2.99. The summed E-state index contributed by atoms with van der Waals surface area (Å²) in [5.41, 5.74) is 10.7. The van der Waals surface area contributed by atoms with Gasteiger partial charge in [-0.3, -0.25) is 4.79 Å². The van der Waals surface area contributed by atoms with E-state index in [1.165, 1.54) is 0 Å². The van der Waals surface area contributed by atoms with E-state index in [-0.39, 0.29) is 24.1 Å². The summed E-state index contributed by atoms with van der Waals surface area (Å²) in [6.45, 7) is 3.94. The molecule has 0 saturated carbocycles. The summed E-state index contributed by atoms with van der Waals surface area (Å²) in [5.74, 6) is 1.19. The number of nitrogens with one attached hydrogen (secondary N) is 3. The van der Waals surface area contributed by atoms with Crippen molar-refractivity contribution in [2.24, 2.45) is 5.10 Å². The van der Waals surface area contributed by atoms with Crippen LogP contribution in [-0.2, 0) is 4.79 Å². The van der Waals surface area contributed by atoms with E-state index in [1.807, 2.05) is 62.4 Å². The van der Waals surface area contributed by atoms with E-state index in [4.69, 9.17) is 9.47 Å². The lowest BCUT2D eigenvalue weighted by Gasteiger charge is -2.16. The maximum Gasteiger partial charge on any atom is 0.258 e. The number of hydrogen-bond acceptors (Lipinski definition) is 6. The molecule has 1 aliphatic rings. The van der Waals surface area contributed by atoms with Crippen molar-refractivity contribution in [1.29, 1.82) is 0 Å². The molecule has 7 heteroatoms. The Labute approximate surface area is 165 Å². The molecule has 1 fully saturated rings. The second-order valence-corrected chi connectivity index (χ2v) is 6.85. The van der Waals surface area contributed by atoms with Crippen LogP contribution >= 0.6 is 0 Å². The average Bonchev–Trinajstić information content (AvgIpc) is 3.19. The van der Waals surface area contributed by atoms with Crippen LogP contribution in [0.15, 0.2) is 53.6 Å².